The molecule has 0 saturated carbocycles. The Balaban J connectivity index is 2.55. The lowest BCUT2D eigenvalue weighted by Crippen LogP contribution is -2.48. The molecule has 0 bridgehead atoms. The van der Waals surface area contributed by atoms with Gasteiger partial charge in [0, 0.05) is 39.3 Å². The van der Waals surface area contributed by atoms with Gasteiger partial charge < -0.3 is 20.2 Å². The predicted octanol–water partition coefficient (Wildman–Crippen LogP) is 0.101. The molecule has 0 aromatic rings. The van der Waals surface area contributed by atoms with Crippen LogP contribution in [0.25, 0.3) is 0 Å². The van der Waals surface area contributed by atoms with Crippen LogP contribution in [0.4, 0.5) is 4.79 Å². The molecule has 0 aromatic heterocycles. The number of nitrogens with one attached hydrogen (secondary N) is 1. The molecule has 0 spiro atoms. The first-order valence-corrected chi connectivity index (χ1v) is 5.81. The van der Waals surface area contributed by atoms with Gasteiger partial charge in [0.15, 0.2) is 0 Å². The van der Waals surface area contributed by atoms with Crippen molar-refractivity contribution in [2.24, 2.45) is 0 Å². The maximum atomic E-state index is 11.9. The van der Waals surface area contributed by atoms with Crippen molar-refractivity contribution in [1.29, 1.82) is 0 Å². The van der Waals surface area contributed by atoms with E-state index in [1.807, 2.05) is 18.7 Å². The minimum absolute atomic E-state index is 0.0261. The first-order valence-electron chi connectivity index (χ1n) is 5.81. The maximum absolute atomic E-state index is 11.9. The van der Waals surface area contributed by atoms with Crippen molar-refractivity contribution in [3.63, 3.8) is 0 Å². The largest absolute Gasteiger partial charge is 0.392 e. The molecule has 1 heterocycles. The van der Waals surface area contributed by atoms with Crippen LogP contribution in [0.15, 0.2) is 0 Å². The van der Waals surface area contributed by atoms with Gasteiger partial charge in [-0.3, -0.25) is 0 Å². The third kappa shape index (κ3) is 3.35. The average molecular weight is 229 g/mol. The van der Waals surface area contributed by atoms with Gasteiger partial charge in [-0.2, -0.15) is 0 Å². The summed E-state index contributed by atoms with van der Waals surface area (Å²) in [5.41, 5.74) is 0. The summed E-state index contributed by atoms with van der Waals surface area (Å²) < 4.78 is 0. The highest BCUT2D eigenvalue weighted by Gasteiger charge is 2.27. The number of hydrogen-bond acceptors (Lipinski definition) is 3. The molecule has 1 saturated heterocycles. The van der Waals surface area contributed by atoms with Crippen LogP contribution in [-0.2, 0) is 0 Å². The lowest BCUT2D eigenvalue weighted by molar-refractivity contribution is 0.148. The van der Waals surface area contributed by atoms with E-state index in [0.717, 1.165) is 6.42 Å². The predicted molar refractivity (Wildman–Crippen MR) is 63.3 cm³/mol. The van der Waals surface area contributed by atoms with Crippen LogP contribution < -0.4 is 5.32 Å². The van der Waals surface area contributed by atoms with Crippen molar-refractivity contribution in [2.45, 2.75) is 38.5 Å². The highest BCUT2D eigenvalue weighted by atomic mass is 16.3. The van der Waals surface area contributed by atoms with Crippen LogP contribution in [-0.4, -0.2) is 66.3 Å². The van der Waals surface area contributed by atoms with E-state index in [0.29, 0.717) is 13.1 Å². The average Bonchev–Trinajstić information content (AvgIpc) is 2.59. The van der Waals surface area contributed by atoms with Gasteiger partial charge in [0.25, 0.3) is 0 Å². The molecular formula is C11H23N3O2. The van der Waals surface area contributed by atoms with Gasteiger partial charge in [0.05, 0.1) is 6.10 Å². The van der Waals surface area contributed by atoms with E-state index in [1.54, 1.807) is 19.0 Å². The van der Waals surface area contributed by atoms with Crippen LogP contribution in [0.2, 0.25) is 0 Å². The molecule has 2 amide bonds. The minimum atomic E-state index is -0.270. The zero-order valence-electron chi connectivity index (χ0n) is 10.6. The Bertz CT molecular complexity index is 243. The molecule has 5 heteroatoms. The number of hydrogen-bond donors (Lipinski definition) is 2. The molecule has 0 radical (unpaired) electrons. The summed E-state index contributed by atoms with van der Waals surface area (Å²) in [4.78, 5) is 15.3. The first kappa shape index (κ1) is 13.3. The van der Waals surface area contributed by atoms with Gasteiger partial charge in [-0.15, -0.1) is 0 Å². The normalized spacial score (nSPS) is 24.9. The van der Waals surface area contributed by atoms with Gasteiger partial charge in [0.2, 0.25) is 0 Å². The highest BCUT2D eigenvalue weighted by Crippen LogP contribution is 2.11. The van der Waals surface area contributed by atoms with Crippen molar-refractivity contribution < 1.29 is 9.90 Å². The summed E-state index contributed by atoms with van der Waals surface area (Å²) in [6, 6.07) is 0.411. The van der Waals surface area contributed by atoms with Gasteiger partial charge in [0.1, 0.15) is 0 Å². The Morgan fingerprint density at radius 3 is 2.50 bits per heavy atom. The Kier molecular flexibility index (Phi) is 4.56. The van der Waals surface area contributed by atoms with Crippen molar-refractivity contribution in [3.8, 4) is 0 Å². The molecule has 2 atom stereocenters. The van der Waals surface area contributed by atoms with E-state index >= 15 is 0 Å². The van der Waals surface area contributed by atoms with E-state index in [-0.39, 0.29) is 24.2 Å². The second-order valence-corrected chi connectivity index (χ2v) is 4.92. The molecule has 1 fully saturated rings. The fourth-order valence-electron chi connectivity index (χ4n) is 1.94. The van der Waals surface area contributed by atoms with Crippen LogP contribution in [0, 0.1) is 0 Å². The third-order valence-electron chi connectivity index (χ3n) is 2.87. The Morgan fingerprint density at radius 1 is 1.50 bits per heavy atom. The van der Waals surface area contributed by atoms with Gasteiger partial charge in [-0.25, -0.2) is 4.79 Å². The van der Waals surface area contributed by atoms with Crippen LogP contribution >= 0.6 is 0 Å². The fraction of sp³-hybridized carbons (Fsp3) is 0.909. The molecule has 94 valence electrons. The zero-order valence-corrected chi connectivity index (χ0v) is 10.6. The molecule has 2 N–H and O–H groups in total. The number of urea groups is 1. The molecule has 16 heavy (non-hydrogen) atoms. The summed E-state index contributed by atoms with van der Waals surface area (Å²) >= 11 is 0. The SMILES string of the molecule is CC(C)N(CC1CC(O)CN1)C(=O)N(C)C. The number of β-amino-alcohol motifs (C(OH)–C–C–N with tert-alkyl or cyclic N) is 1. The topological polar surface area (TPSA) is 55.8 Å². The fourth-order valence-corrected chi connectivity index (χ4v) is 1.94. The summed E-state index contributed by atoms with van der Waals surface area (Å²) in [6.07, 6.45) is 0.456. The number of amides is 2. The number of aliphatic hydroxyl groups excluding tert-OH is 1. The Labute approximate surface area is 97.4 Å². The minimum Gasteiger partial charge on any atom is -0.392 e. The number of carbonyl (C=O) groups is 1. The lowest BCUT2D eigenvalue weighted by atomic mass is 10.2. The molecule has 1 rings (SSSR count). The Hall–Kier alpha value is -0.810. The number of rotatable bonds is 3. The summed E-state index contributed by atoms with van der Waals surface area (Å²) in [5.74, 6) is 0. The molecule has 1 aliphatic heterocycles. The molecule has 0 aliphatic carbocycles. The Morgan fingerprint density at radius 2 is 2.12 bits per heavy atom. The van der Waals surface area contributed by atoms with Crippen LogP contribution in [0.1, 0.15) is 20.3 Å². The summed E-state index contributed by atoms with van der Waals surface area (Å²) in [5, 5.41) is 12.6. The highest BCUT2D eigenvalue weighted by molar-refractivity contribution is 5.74. The van der Waals surface area contributed by atoms with Crippen molar-refractivity contribution in [1.82, 2.24) is 15.1 Å². The molecule has 0 aromatic carbocycles. The van der Waals surface area contributed by atoms with Gasteiger partial charge in [-0.05, 0) is 20.3 Å². The quantitative estimate of drug-likeness (QED) is 0.722. The second-order valence-electron chi connectivity index (χ2n) is 4.92. The van der Waals surface area contributed by atoms with Gasteiger partial charge in [-0.1, -0.05) is 0 Å². The van der Waals surface area contributed by atoms with Crippen molar-refractivity contribution in [3.05, 3.63) is 0 Å². The number of nitrogens with zero attached hydrogens (tertiary/aromatic N) is 2. The van der Waals surface area contributed by atoms with E-state index in [4.69, 9.17) is 0 Å². The van der Waals surface area contributed by atoms with Crippen molar-refractivity contribution >= 4 is 6.03 Å². The third-order valence-corrected chi connectivity index (χ3v) is 2.87. The standard InChI is InChI=1S/C11H23N3O2/c1-8(2)14(11(16)13(3)4)7-9-5-10(15)6-12-9/h8-10,12,15H,5-7H2,1-4H3. The molecule has 1 aliphatic rings. The summed E-state index contributed by atoms with van der Waals surface area (Å²) in [7, 11) is 3.52. The van der Waals surface area contributed by atoms with Crippen LogP contribution in [0.3, 0.4) is 0 Å². The molecule has 5 nitrogen and oxygen atoms in total. The van der Waals surface area contributed by atoms with E-state index in [2.05, 4.69) is 5.32 Å². The number of aliphatic hydroxyl groups is 1. The smallest absolute Gasteiger partial charge is 0.319 e. The molecule has 2 unspecified atom stereocenters. The molecular weight excluding hydrogens is 206 g/mol. The van der Waals surface area contributed by atoms with E-state index < -0.39 is 0 Å². The second kappa shape index (κ2) is 5.50. The maximum Gasteiger partial charge on any atom is 0.319 e. The summed E-state index contributed by atoms with van der Waals surface area (Å²) in [6.45, 7) is 5.30. The lowest BCUT2D eigenvalue weighted by Gasteiger charge is -2.31. The number of carbonyl (C=O) groups excluding carboxylic acids is 1. The van der Waals surface area contributed by atoms with E-state index in [1.165, 1.54) is 0 Å². The van der Waals surface area contributed by atoms with E-state index in [9.17, 15) is 9.90 Å². The van der Waals surface area contributed by atoms with Gasteiger partial charge >= 0.3 is 6.03 Å². The zero-order chi connectivity index (χ0) is 12.3. The van der Waals surface area contributed by atoms with Crippen molar-refractivity contribution in [2.75, 3.05) is 27.2 Å². The van der Waals surface area contributed by atoms with Crippen LogP contribution in [0.5, 0.6) is 0 Å². The monoisotopic (exact) mass is 229 g/mol. The first-order chi connectivity index (χ1) is 7.41.